The van der Waals surface area contributed by atoms with Crippen molar-refractivity contribution in [3.05, 3.63) is 23.8 Å². The van der Waals surface area contributed by atoms with Crippen LogP contribution in [0.15, 0.2) is 18.2 Å². The molecular formula is C18H23N3O4. The van der Waals surface area contributed by atoms with E-state index in [0.29, 0.717) is 36.7 Å². The van der Waals surface area contributed by atoms with Crippen LogP contribution in [0.25, 0.3) is 0 Å². The zero-order valence-electron chi connectivity index (χ0n) is 14.4. The van der Waals surface area contributed by atoms with Crippen molar-refractivity contribution in [2.75, 3.05) is 33.0 Å². The van der Waals surface area contributed by atoms with Crippen LogP contribution in [-0.2, 0) is 4.79 Å². The van der Waals surface area contributed by atoms with Gasteiger partial charge in [0, 0.05) is 37.8 Å². The van der Waals surface area contributed by atoms with Crippen LogP contribution in [0.1, 0.15) is 30.1 Å². The first-order valence-corrected chi connectivity index (χ1v) is 8.86. The van der Waals surface area contributed by atoms with Gasteiger partial charge in [-0.25, -0.2) is 0 Å². The van der Waals surface area contributed by atoms with Gasteiger partial charge in [-0.15, -0.1) is 0 Å². The lowest BCUT2D eigenvalue weighted by Crippen LogP contribution is -2.56. The molecule has 7 heteroatoms. The largest absolute Gasteiger partial charge is 0.454 e. The lowest BCUT2D eigenvalue weighted by molar-refractivity contribution is -0.136. The van der Waals surface area contributed by atoms with Crippen molar-refractivity contribution in [3.8, 4) is 11.5 Å². The molecule has 4 rings (SSSR count). The molecule has 2 fully saturated rings. The summed E-state index contributed by atoms with van der Waals surface area (Å²) in [5.74, 6) is 1.20. The molecule has 2 atom stereocenters. The van der Waals surface area contributed by atoms with Gasteiger partial charge in [0.15, 0.2) is 11.5 Å². The first-order chi connectivity index (χ1) is 12.1. The molecule has 0 aliphatic carbocycles. The molecular weight excluding hydrogens is 322 g/mol. The van der Waals surface area contributed by atoms with Gasteiger partial charge in [-0.05, 0) is 38.0 Å². The van der Waals surface area contributed by atoms with E-state index in [1.807, 2.05) is 4.90 Å². The van der Waals surface area contributed by atoms with Gasteiger partial charge in [-0.1, -0.05) is 0 Å². The normalized spacial score (nSPS) is 25.3. The molecule has 2 saturated heterocycles. The van der Waals surface area contributed by atoms with Crippen molar-refractivity contribution in [3.63, 3.8) is 0 Å². The number of ether oxygens (including phenoxy) is 2. The van der Waals surface area contributed by atoms with Gasteiger partial charge in [0.1, 0.15) is 6.04 Å². The molecule has 0 saturated carbocycles. The summed E-state index contributed by atoms with van der Waals surface area (Å²) in [6.45, 7) is 5.07. The lowest BCUT2D eigenvalue weighted by atomic mass is 10.1. The van der Waals surface area contributed by atoms with E-state index in [4.69, 9.17) is 9.47 Å². The van der Waals surface area contributed by atoms with Crippen LogP contribution < -0.4 is 14.8 Å². The number of nitrogens with one attached hydrogen (secondary N) is 1. The smallest absolute Gasteiger partial charge is 0.254 e. The fraction of sp³-hybridized carbons (Fsp3) is 0.556. The number of piperazine rings is 1. The molecule has 0 radical (unpaired) electrons. The Morgan fingerprint density at radius 3 is 2.88 bits per heavy atom. The van der Waals surface area contributed by atoms with Gasteiger partial charge >= 0.3 is 0 Å². The number of hydrogen-bond acceptors (Lipinski definition) is 5. The van der Waals surface area contributed by atoms with E-state index in [9.17, 15) is 9.59 Å². The zero-order chi connectivity index (χ0) is 17.4. The third-order valence-corrected chi connectivity index (χ3v) is 5.10. The molecule has 3 aliphatic heterocycles. The standard InChI is InChI=1S/C18H23N3O4/c1-12-10-20(8-6-19-12)18(23)14-3-2-7-21(14)17(22)13-4-5-15-16(9-13)25-11-24-15/h4-5,9,12,14,19H,2-3,6-8,10-11H2,1H3. The highest BCUT2D eigenvalue weighted by molar-refractivity contribution is 5.98. The monoisotopic (exact) mass is 345 g/mol. The molecule has 0 bridgehead atoms. The summed E-state index contributed by atoms with van der Waals surface area (Å²) in [6, 6.07) is 5.13. The molecule has 2 amide bonds. The van der Waals surface area contributed by atoms with Gasteiger partial charge in [-0.3, -0.25) is 9.59 Å². The number of hydrogen-bond donors (Lipinski definition) is 1. The molecule has 0 spiro atoms. The number of carbonyl (C=O) groups excluding carboxylic acids is 2. The second-order valence-electron chi connectivity index (χ2n) is 6.86. The number of carbonyl (C=O) groups is 2. The average Bonchev–Trinajstić information content (AvgIpc) is 3.29. The maximum Gasteiger partial charge on any atom is 0.254 e. The molecule has 2 unspecified atom stereocenters. The second kappa shape index (κ2) is 6.55. The molecule has 0 aromatic heterocycles. The van der Waals surface area contributed by atoms with Gasteiger partial charge in [0.05, 0.1) is 0 Å². The number of fused-ring (bicyclic) bond motifs is 1. The van der Waals surface area contributed by atoms with Gasteiger partial charge < -0.3 is 24.6 Å². The highest BCUT2D eigenvalue weighted by Gasteiger charge is 2.38. The Bertz CT molecular complexity index is 693. The molecule has 1 N–H and O–H groups in total. The van der Waals surface area contributed by atoms with E-state index in [1.165, 1.54) is 0 Å². The zero-order valence-corrected chi connectivity index (χ0v) is 14.4. The summed E-state index contributed by atoms with van der Waals surface area (Å²) in [5.41, 5.74) is 0.539. The number of rotatable bonds is 2. The number of nitrogens with zero attached hydrogens (tertiary/aromatic N) is 2. The summed E-state index contributed by atoms with van der Waals surface area (Å²) in [5, 5.41) is 3.34. The predicted molar refractivity (Wildman–Crippen MR) is 90.7 cm³/mol. The first-order valence-electron chi connectivity index (χ1n) is 8.86. The summed E-state index contributed by atoms with van der Waals surface area (Å²) in [7, 11) is 0. The number of amides is 2. The quantitative estimate of drug-likeness (QED) is 0.860. The summed E-state index contributed by atoms with van der Waals surface area (Å²) < 4.78 is 10.7. The van der Waals surface area contributed by atoms with Crippen molar-refractivity contribution in [1.29, 1.82) is 0 Å². The summed E-state index contributed by atoms with van der Waals surface area (Å²) >= 11 is 0. The van der Waals surface area contributed by atoms with Crippen molar-refractivity contribution in [2.24, 2.45) is 0 Å². The Morgan fingerprint density at radius 2 is 2.04 bits per heavy atom. The van der Waals surface area contributed by atoms with Crippen LogP contribution in [-0.4, -0.2) is 66.7 Å². The molecule has 3 aliphatic rings. The third-order valence-electron chi connectivity index (χ3n) is 5.10. The van der Waals surface area contributed by atoms with Crippen LogP contribution in [0, 0.1) is 0 Å². The molecule has 134 valence electrons. The van der Waals surface area contributed by atoms with Crippen LogP contribution in [0.4, 0.5) is 0 Å². The molecule has 7 nitrogen and oxygen atoms in total. The fourth-order valence-electron chi connectivity index (χ4n) is 3.81. The minimum Gasteiger partial charge on any atom is -0.454 e. The SMILES string of the molecule is CC1CN(C(=O)C2CCCN2C(=O)c2ccc3c(c2)OCO3)CCN1. The van der Waals surface area contributed by atoms with Crippen molar-refractivity contribution >= 4 is 11.8 Å². The van der Waals surface area contributed by atoms with Crippen molar-refractivity contribution in [2.45, 2.75) is 31.8 Å². The van der Waals surface area contributed by atoms with Crippen molar-refractivity contribution in [1.82, 2.24) is 15.1 Å². The molecule has 1 aromatic carbocycles. The van der Waals surface area contributed by atoms with Gasteiger partial charge in [0.2, 0.25) is 12.7 Å². The topological polar surface area (TPSA) is 71.1 Å². The van der Waals surface area contributed by atoms with Gasteiger partial charge in [-0.2, -0.15) is 0 Å². The lowest BCUT2D eigenvalue weighted by Gasteiger charge is -2.35. The van der Waals surface area contributed by atoms with E-state index in [-0.39, 0.29) is 30.7 Å². The molecule has 3 heterocycles. The Kier molecular flexibility index (Phi) is 4.25. The number of benzene rings is 1. The highest BCUT2D eigenvalue weighted by atomic mass is 16.7. The maximum absolute atomic E-state index is 13.0. The van der Waals surface area contributed by atoms with E-state index in [1.54, 1.807) is 23.1 Å². The van der Waals surface area contributed by atoms with Crippen LogP contribution in [0.3, 0.4) is 0 Å². The third kappa shape index (κ3) is 3.04. The fourth-order valence-corrected chi connectivity index (χ4v) is 3.81. The summed E-state index contributed by atoms with van der Waals surface area (Å²) in [6.07, 6.45) is 1.59. The highest BCUT2D eigenvalue weighted by Crippen LogP contribution is 2.33. The Labute approximate surface area is 146 Å². The minimum atomic E-state index is -0.358. The van der Waals surface area contributed by atoms with Crippen LogP contribution in [0.5, 0.6) is 11.5 Å². The van der Waals surface area contributed by atoms with E-state index in [0.717, 1.165) is 19.4 Å². The predicted octanol–water partition coefficient (Wildman–Crippen LogP) is 0.840. The molecule has 25 heavy (non-hydrogen) atoms. The Hall–Kier alpha value is -2.28. The van der Waals surface area contributed by atoms with Crippen molar-refractivity contribution < 1.29 is 19.1 Å². The van der Waals surface area contributed by atoms with E-state index < -0.39 is 0 Å². The number of likely N-dealkylation sites (tertiary alicyclic amines) is 1. The second-order valence-corrected chi connectivity index (χ2v) is 6.86. The minimum absolute atomic E-state index is 0.0694. The Balaban J connectivity index is 1.50. The van der Waals surface area contributed by atoms with Gasteiger partial charge in [0.25, 0.3) is 5.91 Å². The summed E-state index contributed by atoms with van der Waals surface area (Å²) in [4.78, 5) is 29.5. The average molecular weight is 345 g/mol. The maximum atomic E-state index is 13.0. The molecule has 1 aromatic rings. The Morgan fingerprint density at radius 1 is 1.20 bits per heavy atom. The van der Waals surface area contributed by atoms with Crippen LogP contribution in [0.2, 0.25) is 0 Å². The van der Waals surface area contributed by atoms with E-state index in [2.05, 4.69) is 12.2 Å². The van der Waals surface area contributed by atoms with Crippen LogP contribution >= 0.6 is 0 Å². The van der Waals surface area contributed by atoms with E-state index >= 15 is 0 Å². The first kappa shape index (κ1) is 16.2.